The molecular formula is C19H24N4O3. The highest BCUT2D eigenvalue weighted by Crippen LogP contribution is 2.35. The van der Waals surface area contributed by atoms with Crippen LogP contribution in [0.3, 0.4) is 0 Å². The van der Waals surface area contributed by atoms with Crippen LogP contribution in [0.4, 0.5) is 11.4 Å². The van der Waals surface area contributed by atoms with Crippen LogP contribution in [0.5, 0.6) is 5.75 Å². The molecule has 0 saturated carbocycles. The zero-order valence-electron chi connectivity index (χ0n) is 15.8. The largest absolute Gasteiger partial charge is 0.479 e. The summed E-state index contributed by atoms with van der Waals surface area (Å²) in [5.74, 6) is 0.453. The second kappa shape index (κ2) is 6.82. The SMILES string of the molecule is Cc1nn(C)c(C)c1CCC(=O)Nc1ccc2c(c1)N(C)C(=O)C(C)O2. The minimum atomic E-state index is -0.501. The van der Waals surface area contributed by atoms with Gasteiger partial charge in [0.15, 0.2) is 6.10 Å². The first-order valence-electron chi connectivity index (χ1n) is 8.65. The molecule has 1 aromatic heterocycles. The molecule has 3 rings (SSSR count). The number of carbonyl (C=O) groups excluding carboxylic acids is 2. The molecule has 26 heavy (non-hydrogen) atoms. The Balaban J connectivity index is 1.68. The Kier molecular flexibility index (Phi) is 4.71. The molecule has 0 saturated heterocycles. The van der Waals surface area contributed by atoms with Crippen molar-refractivity contribution in [1.82, 2.24) is 9.78 Å². The number of carbonyl (C=O) groups is 2. The van der Waals surface area contributed by atoms with Gasteiger partial charge in [-0.15, -0.1) is 0 Å². The number of aryl methyl sites for hydroxylation is 2. The van der Waals surface area contributed by atoms with E-state index in [0.717, 1.165) is 17.0 Å². The average molecular weight is 356 g/mol. The number of hydrogen-bond acceptors (Lipinski definition) is 4. The van der Waals surface area contributed by atoms with Gasteiger partial charge in [-0.1, -0.05) is 0 Å². The second-order valence-electron chi connectivity index (χ2n) is 6.66. The van der Waals surface area contributed by atoms with E-state index in [2.05, 4.69) is 10.4 Å². The van der Waals surface area contributed by atoms with Crippen molar-refractivity contribution < 1.29 is 14.3 Å². The second-order valence-corrected chi connectivity index (χ2v) is 6.66. The average Bonchev–Trinajstić information content (AvgIpc) is 2.84. The fourth-order valence-electron chi connectivity index (χ4n) is 3.23. The van der Waals surface area contributed by atoms with Gasteiger partial charge in [-0.25, -0.2) is 0 Å². The van der Waals surface area contributed by atoms with Crippen LogP contribution < -0.4 is 15.0 Å². The molecule has 2 amide bonds. The van der Waals surface area contributed by atoms with Crippen LogP contribution in [0.2, 0.25) is 0 Å². The number of rotatable bonds is 4. The van der Waals surface area contributed by atoms with Crippen molar-refractivity contribution in [2.24, 2.45) is 7.05 Å². The number of ether oxygens (including phenoxy) is 1. The Bertz CT molecular complexity index is 872. The Labute approximate surface area is 152 Å². The number of fused-ring (bicyclic) bond motifs is 1. The first kappa shape index (κ1) is 18.0. The molecule has 1 aliphatic heterocycles. The minimum absolute atomic E-state index is 0.0771. The van der Waals surface area contributed by atoms with Crippen LogP contribution in [0.25, 0.3) is 0 Å². The molecule has 0 fully saturated rings. The summed E-state index contributed by atoms with van der Waals surface area (Å²) in [6, 6.07) is 5.32. The van der Waals surface area contributed by atoms with Gasteiger partial charge >= 0.3 is 0 Å². The van der Waals surface area contributed by atoms with E-state index in [4.69, 9.17) is 4.74 Å². The van der Waals surface area contributed by atoms with Crippen molar-refractivity contribution in [3.63, 3.8) is 0 Å². The van der Waals surface area contributed by atoms with E-state index < -0.39 is 6.10 Å². The van der Waals surface area contributed by atoms with Crippen LogP contribution in [0.15, 0.2) is 18.2 Å². The topological polar surface area (TPSA) is 76.5 Å². The summed E-state index contributed by atoms with van der Waals surface area (Å²) in [6.07, 6.45) is 0.507. The number of amides is 2. The first-order valence-corrected chi connectivity index (χ1v) is 8.65. The molecule has 0 bridgehead atoms. The number of anilines is 2. The third kappa shape index (κ3) is 3.29. The van der Waals surface area contributed by atoms with Crippen LogP contribution in [0, 0.1) is 13.8 Å². The molecule has 7 nitrogen and oxygen atoms in total. The summed E-state index contributed by atoms with van der Waals surface area (Å²) in [7, 11) is 3.61. The van der Waals surface area contributed by atoms with Crippen LogP contribution in [-0.2, 0) is 23.1 Å². The highest BCUT2D eigenvalue weighted by atomic mass is 16.5. The van der Waals surface area contributed by atoms with E-state index in [1.807, 2.05) is 25.6 Å². The predicted octanol–water partition coefficient (Wildman–Crippen LogP) is 2.35. The van der Waals surface area contributed by atoms with Gasteiger partial charge in [0.25, 0.3) is 5.91 Å². The monoisotopic (exact) mass is 356 g/mol. The summed E-state index contributed by atoms with van der Waals surface area (Å²) in [5, 5.41) is 7.27. The van der Waals surface area contributed by atoms with Crippen molar-refractivity contribution in [2.45, 2.75) is 39.7 Å². The third-order valence-corrected chi connectivity index (χ3v) is 4.85. The number of aromatic nitrogens is 2. The molecule has 2 aromatic rings. The number of nitrogens with zero attached hydrogens (tertiary/aromatic N) is 3. The Morgan fingerprint density at radius 2 is 2.04 bits per heavy atom. The van der Waals surface area contributed by atoms with Crippen LogP contribution in [-0.4, -0.2) is 34.7 Å². The van der Waals surface area contributed by atoms with E-state index in [9.17, 15) is 9.59 Å². The maximum atomic E-state index is 12.3. The highest BCUT2D eigenvalue weighted by Gasteiger charge is 2.29. The van der Waals surface area contributed by atoms with E-state index in [0.29, 0.717) is 30.0 Å². The number of nitrogens with one attached hydrogen (secondary N) is 1. The van der Waals surface area contributed by atoms with Crippen LogP contribution >= 0.6 is 0 Å². The summed E-state index contributed by atoms with van der Waals surface area (Å²) >= 11 is 0. The third-order valence-electron chi connectivity index (χ3n) is 4.85. The van der Waals surface area contributed by atoms with Gasteiger partial charge in [0, 0.05) is 31.9 Å². The van der Waals surface area contributed by atoms with E-state index in [-0.39, 0.29) is 11.8 Å². The lowest BCUT2D eigenvalue weighted by Gasteiger charge is -2.30. The van der Waals surface area contributed by atoms with E-state index in [1.165, 1.54) is 0 Å². The van der Waals surface area contributed by atoms with E-state index >= 15 is 0 Å². The van der Waals surface area contributed by atoms with Crippen molar-refractivity contribution in [1.29, 1.82) is 0 Å². The van der Waals surface area contributed by atoms with Crippen molar-refractivity contribution >= 4 is 23.2 Å². The molecule has 0 spiro atoms. The quantitative estimate of drug-likeness (QED) is 0.912. The van der Waals surface area contributed by atoms with Crippen molar-refractivity contribution in [2.75, 3.05) is 17.3 Å². The molecule has 1 unspecified atom stereocenters. The molecule has 1 atom stereocenters. The molecule has 0 aliphatic carbocycles. The predicted molar refractivity (Wildman–Crippen MR) is 99.6 cm³/mol. The smallest absolute Gasteiger partial charge is 0.267 e. The molecule has 1 N–H and O–H groups in total. The summed E-state index contributed by atoms with van der Waals surface area (Å²) in [5.41, 5.74) is 4.45. The zero-order chi connectivity index (χ0) is 19.0. The fraction of sp³-hybridized carbons (Fsp3) is 0.421. The van der Waals surface area contributed by atoms with Crippen LogP contribution in [0.1, 0.15) is 30.3 Å². The van der Waals surface area contributed by atoms with Gasteiger partial charge in [-0.2, -0.15) is 5.10 Å². The lowest BCUT2D eigenvalue weighted by Crippen LogP contribution is -2.41. The number of benzene rings is 1. The molecule has 7 heteroatoms. The Morgan fingerprint density at radius 1 is 1.31 bits per heavy atom. The van der Waals surface area contributed by atoms with Gasteiger partial charge in [0.1, 0.15) is 5.75 Å². The first-order chi connectivity index (χ1) is 12.3. The lowest BCUT2D eigenvalue weighted by atomic mass is 10.1. The Hall–Kier alpha value is -2.83. The van der Waals surface area contributed by atoms with Gasteiger partial charge in [-0.05, 0) is 51.0 Å². The molecule has 138 valence electrons. The number of hydrogen-bond donors (Lipinski definition) is 1. The summed E-state index contributed by atoms with van der Waals surface area (Å²) < 4.78 is 7.43. The maximum Gasteiger partial charge on any atom is 0.267 e. The van der Waals surface area contributed by atoms with Gasteiger partial charge in [0.2, 0.25) is 5.91 Å². The van der Waals surface area contributed by atoms with Gasteiger partial charge in [-0.3, -0.25) is 14.3 Å². The minimum Gasteiger partial charge on any atom is -0.479 e. The fourth-order valence-corrected chi connectivity index (χ4v) is 3.23. The summed E-state index contributed by atoms with van der Waals surface area (Å²) in [4.78, 5) is 25.9. The zero-order valence-corrected chi connectivity index (χ0v) is 15.8. The van der Waals surface area contributed by atoms with Crippen molar-refractivity contribution in [3.05, 3.63) is 35.2 Å². The van der Waals surface area contributed by atoms with Crippen molar-refractivity contribution in [3.8, 4) is 5.75 Å². The highest BCUT2D eigenvalue weighted by molar-refractivity contribution is 6.00. The molecule has 1 aromatic carbocycles. The summed E-state index contributed by atoms with van der Waals surface area (Å²) in [6.45, 7) is 5.68. The van der Waals surface area contributed by atoms with Gasteiger partial charge < -0.3 is 15.0 Å². The van der Waals surface area contributed by atoms with E-state index in [1.54, 1.807) is 37.1 Å². The molecule has 2 heterocycles. The normalized spacial score (nSPS) is 16.3. The van der Waals surface area contributed by atoms with Gasteiger partial charge in [0.05, 0.1) is 11.4 Å². The maximum absolute atomic E-state index is 12.3. The molecule has 1 aliphatic rings. The number of likely N-dealkylation sites (N-methyl/N-ethyl adjacent to an activating group) is 1. The Morgan fingerprint density at radius 3 is 2.69 bits per heavy atom. The lowest BCUT2D eigenvalue weighted by molar-refractivity contribution is -0.125. The molecular weight excluding hydrogens is 332 g/mol. The molecule has 0 radical (unpaired) electrons. The standard InChI is InChI=1S/C19H24N4O3/c1-11-15(12(2)23(5)21-11)7-9-18(24)20-14-6-8-17-16(10-14)22(4)19(25)13(3)26-17/h6,8,10,13H,7,9H2,1-5H3,(H,20,24).